The predicted octanol–water partition coefficient (Wildman–Crippen LogP) is 4.13. The van der Waals surface area contributed by atoms with E-state index < -0.39 is 23.5 Å². The van der Waals surface area contributed by atoms with Crippen LogP contribution in [0.1, 0.15) is 24.2 Å². The normalized spacial score (nSPS) is 16.0. The maximum Gasteiger partial charge on any atom is 0.433 e. The summed E-state index contributed by atoms with van der Waals surface area (Å²) in [5.74, 6) is -1.51. The first-order chi connectivity index (χ1) is 12.2. The molecule has 2 heterocycles. The van der Waals surface area contributed by atoms with Crippen LogP contribution >= 0.6 is 0 Å². The smallest absolute Gasteiger partial charge is 0.433 e. The molecule has 1 fully saturated rings. The number of rotatable bonds is 3. The first-order valence-corrected chi connectivity index (χ1v) is 8.02. The molecular formula is C17H16F5N3O. The van der Waals surface area contributed by atoms with E-state index in [2.05, 4.69) is 9.97 Å². The van der Waals surface area contributed by atoms with Gasteiger partial charge in [-0.3, -0.25) is 0 Å². The van der Waals surface area contributed by atoms with Crippen molar-refractivity contribution in [3.05, 3.63) is 47.3 Å². The van der Waals surface area contributed by atoms with Crippen LogP contribution in [0, 0.1) is 18.6 Å². The van der Waals surface area contributed by atoms with Crippen molar-refractivity contribution in [2.75, 3.05) is 18.0 Å². The van der Waals surface area contributed by atoms with E-state index in [1.165, 1.54) is 13.0 Å². The Morgan fingerprint density at radius 3 is 2.38 bits per heavy atom. The van der Waals surface area contributed by atoms with Gasteiger partial charge in [-0.15, -0.1) is 0 Å². The lowest BCUT2D eigenvalue weighted by atomic mass is 10.1. The quantitative estimate of drug-likeness (QED) is 0.759. The Morgan fingerprint density at radius 1 is 1.08 bits per heavy atom. The van der Waals surface area contributed by atoms with Crippen LogP contribution in [0.15, 0.2) is 24.3 Å². The van der Waals surface area contributed by atoms with Crippen molar-refractivity contribution in [3.8, 4) is 5.75 Å². The second-order valence-electron chi connectivity index (χ2n) is 6.07. The van der Waals surface area contributed by atoms with E-state index in [1.54, 1.807) is 4.90 Å². The number of hydrogen-bond acceptors (Lipinski definition) is 4. The largest absolute Gasteiger partial charge is 0.487 e. The van der Waals surface area contributed by atoms with Crippen LogP contribution in [0.4, 0.5) is 27.9 Å². The molecule has 1 saturated heterocycles. The molecular weight excluding hydrogens is 357 g/mol. The van der Waals surface area contributed by atoms with Crippen molar-refractivity contribution in [2.24, 2.45) is 0 Å². The van der Waals surface area contributed by atoms with Gasteiger partial charge in [0, 0.05) is 37.7 Å². The molecule has 2 aromatic rings. The van der Waals surface area contributed by atoms with Gasteiger partial charge < -0.3 is 9.64 Å². The Kier molecular flexibility index (Phi) is 4.97. The molecule has 140 valence electrons. The van der Waals surface area contributed by atoms with Crippen LogP contribution in [0.5, 0.6) is 5.75 Å². The average molecular weight is 373 g/mol. The number of aromatic nitrogens is 2. The lowest BCUT2D eigenvalue weighted by Crippen LogP contribution is -2.39. The second kappa shape index (κ2) is 7.05. The van der Waals surface area contributed by atoms with E-state index in [0.29, 0.717) is 25.9 Å². The molecule has 1 aromatic carbocycles. The summed E-state index contributed by atoms with van der Waals surface area (Å²) in [7, 11) is 0. The highest BCUT2D eigenvalue weighted by Crippen LogP contribution is 2.30. The number of halogens is 5. The van der Waals surface area contributed by atoms with Gasteiger partial charge in [0.2, 0.25) is 5.95 Å². The maximum absolute atomic E-state index is 13.6. The van der Waals surface area contributed by atoms with Gasteiger partial charge in [0.05, 0.1) is 0 Å². The molecule has 9 heteroatoms. The number of ether oxygens (including phenoxy) is 1. The van der Waals surface area contributed by atoms with Crippen molar-refractivity contribution in [1.82, 2.24) is 9.97 Å². The summed E-state index contributed by atoms with van der Waals surface area (Å²) in [6, 6.07) is 3.96. The molecule has 0 radical (unpaired) electrons. The molecule has 0 amide bonds. The fourth-order valence-corrected chi connectivity index (χ4v) is 2.76. The summed E-state index contributed by atoms with van der Waals surface area (Å²) in [5.41, 5.74) is -0.749. The van der Waals surface area contributed by atoms with Gasteiger partial charge >= 0.3 is 6.18 Å². The van der Waals surface area contributed by atoms with E-state index >= 15 is 0 Å². The van der Waals surface area contributed by atoms with E-state index in [0.717, 1.165) is 18.2 Å². The molecule has 1 aliphatic rings. The van der Waals surface area contributed by atoms with Crippen LogP contribution in [-0.4, -0.2) is 29.2 Å². The lowest BCUT2D eigenvalue weighted by Gasteiger charge is -2.32. The molecule has 26 heavy (non-hydrogen) atoms. The number of nitrogens with zero attached hydrogens (tertiary/aromatic N) is 3. The summed E-state index contributed by atoms with van der Waals surface area (Å²) in [6.07, 6.45) is -3.95. The van der Waals surface area contributed by atoms with E-state index in [4.69, 9.17) is 4.74 Å². The third-order valence-corrected chi connectivity index (χ3v) is 4.05. The van der Waals surface area contributed by atoms with Gasteiger partial charge in [-0.2, -0.15) is 13.2 Å². The Balaban J connectivity index is 1.66. The first-order valence-electron chi connectivity index (χ1n) is 8.02. The lowest BCUT2D eigenvalue weighted by molar-refractivity contribution is -0.141. The maximum atomic E-state index is 13.6. The van der Waals surface area contributed by atoms with Crippen LogP contribution in [0.2, 0.25) is 0 Å². The van der Waals surface area contributed by atoms with Gasteiger partial charge in [-0.1, -0.05) is 0 Å². The number of hydrogen-bond donors (Lipinski definition) is 0. The number of alkyl halides is 3. The third-order valence-electron chi connectivity index (χ3n) is 4.05. The summed E-state index contributed by atoms with van der Waals surface area (Å²) in [4.78, 5) is 9.33. The summed E-state index contributed by atoms with van der Waals surface area (Å²) in [5, 5.41) is 0. The zero-order valence-corrected chi connectivity index (χ0v) is 13.9. The minimum absolute atomic E-state index is 0.0173. The van der Waals surface area contributed by atoms with Crippen LogP contribution in [0.3, 0.4) is 0 Å². The van der Waals surface area contributed by atoms with Gasteiger partial charge in [0.1, 0.15) is 17.6 Å². The number of anilines is 1. The van der Waals surface area contributed by atoms with E-state index in [1.807, 2.05) is 0 Å². The highest BCUT2D eigenvalue weighted by Gasteiger charge is 2.34. The topological polar surface area (TPSA) is 38.2 Å². The molecule has 0 unspecified atom stereocenters. The average Bonchev–Trinajstić information content (AvgIpc) is 2.57. The van der Waals surface area contributed by atoms with Crippen molar-refractivity contribution in [1.29, 1.82) is 0 Å². The van der Waals surface area contributed by atoms with Gasteiger partial charge in [0.15, 0.2) is 11.6 Å². The van der Waals surface area contributed by atoms with Gasteiger partial charge in [-0.25, -0.2) is 18.7 Å². The molecule has 0 atom stereocenters. The Morgan fingerprint density at radius 2 is 1.77 bits per heavy atom. The SMILES string of the molecule is Cc1cc(C(F)(F)F)nc(N2CCC(Oc3ccc(F)cc3F)CC2)n1. The monoisotopic (exact) mass is 373 g/mol. The fraction of sp³-hybridized carbons (Fsp3) is 0.412. The van der Waals surface area contributed by atoms with Gasteiger partial charge in [0.25, 0.3) is 0 Å². The third kappa shape index (κ3) is 4.20. The number of aryl methyl sites for hydroxylation is 1. The molecule has 1 aromatic heterocycles. The van der Waals surface area contributed by atoms with E-state index in [9.17, 15) is 22.0 Å². The van der Waals surface area contributed by atoms with Crippen molar-refractivity contribution in [3.63, 3.8) is 0 Å². The van der Waals surface area contributed by atoms with Gasteiger partial charge in [-0.05, 0) is 25.1 Å². The fourth-order valence-electron chi connectivity index (χ4n) is 2.76. The van der Waals surface area contributed by atoms with Crippen molar-refractivity contribution >= 4 is 5.95 Å². The highest BCUT2D eigenvalue weighted by atomic mass is 19.4. The highest BCUT2D eigenvalue weighted by molar-refractivity contribution is 5.34. The summed E-state index contributed by atoms with van der Waals surface area (Å²) in [6.45, 7) is 2.22. The zero-order valence-electron chi connectivity index (χ0n) is 13.9. The standard InChI is InChI=1S/C17H16F5N3O/c1-10-8-15(17(20,21)22)24-16(23-10)25-6-4-12(5-7-25)26-14-3-2-11(18)9-13(14)19/h2-3,8-9,12H,4-7H2,1H3. The molecule has 0 saturated carbocycles. The summed E-state index contributed by atoms with van der Waals surface area (Å²) >= 11 is 0. The van der Waals surface area contributed by atoms with Crippen molar-refractivity contribution < 1.29 is 26.7 Å². The van der Waals surface area contributed by atoms with E-state index in [-0.39, 0.29) is 23.5 Å². The molecule has 0 N–H and O–H groups in total. The molecule has 4 nitrogen and oxygen atoms in total. The minimum atomic E-state index is -4.54. The summed E-state index contributed by atoms with van der Waals surface area (Å²) < 4.78 is 70.8. The Hall–Kier alpha value is -2.45. The van der Waals surface area contributed by atoms with Crippen LogP contribution in [0.25, 0.3) is 0 Å². The molecule has 0 aliphatic carbocycles. The van der Waals surface area contributed by atoms with Crippen molar-refractivity contribution in [2.45, 2.75) is 32.0 Å². The molecule has 0 bridgehead atoms. The Labute approximate surface area is 146 Å². The predicted molar refractivity (Wildman–Crippen MR) is 84.0 cm³/mol. The van der Waals surface area contributed by atoms with Crippen LogP contribution < -0.4 is 9.64 Å². The first kappa shape index (κ1) is 18.3. The zero-order chi connectivity index (χ0) is 18.9. The second-order valence-corrected chi connectivity index (χ2v) is 6.07. The minimum Gasteiger partial charge on any atom is -0.487 e. The number of benzene rings is 1. The molecule has 1 aliphatic heterocycles. The Bertz CT molecular complexity index is 788. The molecule has 0 spiro atoms. The molecule has 3 rings (SSSR count). The van der Waals surface area contributed by atoms with Crippen LogP contribution in [-0.2, 0) is 6.18 Å². The number of piperidine rings is 1.